The van der Waals surface area contributed by atoms with Gasteiger partial charge in [0, 0.05) is 5.02 Å². The number of halogens is 1. The molecule has 3 aromatic rings. The quantitative estimate of drug-likeness (QED) is 0.390. The monoisotopic (exact) mass is 551 g/mol. The van der Waals surface area contributed by atoms with Crippen molar-refractivity contribution < 1.29 is 19.0 Å². The van der Waals surface area contributed by atoms with Gasteiger partial charge in [0.05, 0.1) is 34.6 Å². The Morgan fingerprint density at radius 1 is 1.21 bits per heavy atom. The second-order valence-electron chi connectivity index (χ2n) is 8.67. The van der Waals surface area contributed by atoms with E-state index in [1.165, 1.54) is 15.9 Å². The molecule has 0 amide bonds. The predicted octanol–water partition coefficient (Wildman–Crippen LogP) is 4.14. The second kappa shape index (κ2) is 11.7. The summed E-state index contributed by atoms with van der Waals surface area (Å²) in [6, 6.07) is 13.5. The molecule has 1 aromatic heterocycles. The van der Waals surface area contributed by atoms with E-state index in [9.17, 15) is 9.59 Å². The summed E-state index contributed by atoms with van der Waals surface area (Å²) in [6.07, 6.45) is 1.41. The number of nitrogens with zero attached hydrogens (tertiary/aromatic N) is 3. The van der Waals surface area contributed by atoms with Gasteiger partial charge < -0.3 is 14.2 Å². The van der Waals surface area contributed by atoms with Crippen LogP contribution in [0.5, 0.6) is 11.5 Å². The Hall–Kier alpha value is -3.87. The van der Waals surface area contributed by atoms with E-state index in [4.69, 9.17) is 31.1 Å². The first-order chi connectivity index (χ1) is 18.2. The molecular formula is C28H26ClN3O5S. The van der Waals surface area contributed by atoms with Crippen molar-refractivity contribution in [1.29, 1.82) is 5.26 Å². The number of thiazole rings is 1. The molecule has 0 aliphatic carbocycles. The summed E-state index contributed by atoms with van der Waals surface area (Å²) in [5.41, 5.74) is 1.92. The van der Waals surface area contributed by atoms with E-state index >= 15 is 0 Å². The highest BCUT2D eigenvalue weighted by Gasteiger charge is 2.33. The largest absolute Gasteiger partial charge is 0.490 e. The zero-order valence-electron chi connectivity index (χ0n) is 21.4. The molecule has 0 radical (unpaired) electrons. The maximum absolute atomic E-state index is 13.8. The molecule has 0 saturated carbocycles. The average molecular weight is 552 g/mol. The lowest BCUT2D eigenvalue weighted by atomic mass is 9.96. The zero-order valence-corrected chi connectivity index (χ0v) is 22.9. The fraction of sp³-hybridized carbons (Fsp3) is 0.286. The van der Waals surface area contributed by atoms with Gasteiger partial charge in [0.1, 0.15) is 6.07 Å². The molecule has 1 aliphatic heterocycles. The summed E-state index contributed by atoms with van der Waals surface area (Å²) in [5.74, 6) is 0.390. The third-order valence-corrected chi connectivity index (χ3v) is 6.86. The summed E-state index contributed by atoms with van der Waals surface area (Å²) in [6.45, 7) is 7.43. The summed E-state index contributed by atoms with van der Waals surface area (Å²) in [4.78, 5) is 32.0. The molecule has 0 fully saturated rings. The maximum Gasteiger partial charge on any atom is 0.338 e. The van der Waals surface area contributed by atoms with Crippen molar-refractivity contribution in [2.24, 2.45) is 4.99 Å². The summed E-state index contributed by atoms with van der Waals surface area (Å²) < 4.78 is 18.6. The lowest BCUT2D eigenvalue weighted by molar-refractivity contribution is -0.143. The number of allylic oxidation sites excluding steroid dienone is 1. The van der Waals surface area contributed by atoms with Crippen LogP contribution < -0.4 is 24.4 Å². The molecule has 0 spiro atoms. The number of rotatable bonds is 8. The standard InChI is InChI=1S/C28H26ClN3O5S/c1-5-35-22-14-18(6-11-21(22)36-13-12-30)15-23-26(33)32-25(19-7-9-20(29)10-8-19)24(27(34)37-16(2)3)17(4)31-28(32)38-23/h6-11,14-16,25H,5,13H2,1-4H3. The lowest BCUT2D eigenvalue weighted by Crippen LogP contribution is -2.40. The number of ether oxygens (including phenoxy) is 3. The van der Waals surface area contributed by atoms with Gasteiger partial charge in [0.2, 0.25) is 0 Å². The molecule has 0 bridgehead atoms. The highest BCUT2D eigenvalue weighted by molar-refractivity contribution is 7.07. The maximum atomic E-state index is 13.8. The van der Waals surface area contributed by atoms with Crippen molar-refractivity contribution >= 4 is 35.0 Å². The molecule has 0 saturated heterocycles. The molecule has 0 N–H and O–H groups in total. The van der Waals surface area contributed by atoms with E-state index in [0.717, 1.165) is 0 Å². The van der Waals surface area contributed by atoms with E-state index in [0.29, 0.717) is 54.9 Å². The van der Waals surface area contributed by atoms with Crippen molar-refractivity contribution in [2.45, 2.75) is 39.8 Å². The van der Waals surface area contributed by atoms with Gasteiger partial charge in [-0.15, -0.1) is 0 Å². The Kier molecular flexibility index (Phi) is 8.35. The minimum Gasteiger partial charge on any atom is -0.490 e. The fourth-order valence-electron chi connectivity index (χ4n) is 4.08. The number of aromatic nitrogens is 1. The van der Waals surface area contributed by atoms with Crippen LogP contribution in [0.2, 0.25) is 5.02 Å². The molecule has 196 valence electrons. The van der Waals surface area contributed by atoms with Gasteiger partial charge in [-0.3, -0.25) is 9.36 Å². The highest BCUT2D eigenvalue weighted by Crippen LogP contribution is 2.32. The number of hydrogen-bond acceptors (Lipinski definition) is 8. The predicted molar refractivity (Wildman–Crippen MR) is 145 cm³/mol. The van der Waals surface area contributed by atoms with Crippen molar-refractivity contribution in [3.63, 3.8) is 0 Å². The van der Waals surface area contributed by atoms with Crippen molar-refractivity contribution in [3.05, 3.63) is 89.6 Å². The Morgan fingerprint density at radius 2 is 1.95 bits per heavy atom. The summed E-state index contributed by atoms with van der Waals surface area (Å²) >= 11 is 7.35. The van der Waals surface area contributed by atoms with Crippen LogP contribution in [0.3, 0.4) is 0 Å². The molecule has 10 heteroatoms. The number of carbonyl (C=O) groups is 1. The van der Waals surface area contributed by atoms with Gasteiger partial charge >= 0.3 is 5.97 Å². The smallest absolute Gasteiger partial charge is 0.338 e. The van der Waals surface area contributed by atoms with Crippen molar-refractivity contribution in [2.75, 3.05) is 13.2 Å². The molecule has 38 heavy (non-hydrogen) atoms. The normalized spacial score (nSPS) is 15.1. The number of nitriles is 1. The van der Waals surface area contributed by atoms with Crippen LogP contribution in [-0.2, 0) is 9.53 Å². The Bertz CT molecular complexity index is 1610. The number of benzene rings is 2. The van der Waals surface area contributed by atoms with Gasteiger partial charge in [0.25, 0.3) is 5.56 Å². The number of carbonyl (C=O) groups excluding carboxylic acids is 1. The van der Waals surface area contributed by atoms with E-state index in [1.54, 1.807) is 69.3 Å². The van der Waals surface area contributed by atoms with Crippen LogP contribution in [0.15, 0.2) is 63.5 Å². The van der Waals surface area contributed by atoms with Crippen LogP contribution in [0, 0.1) is 11.3 Å². The molecule has 1 unspecified atom stereocenters. The minimum atomic E-state index is -0.724. The van der Waals surface area contributed by atoms with Crippen molar-refractivity contribution in [3.8, 4) is 17.6 Å². The molecular weight excluding hydrogens is 526 g/mol. The average Bonchev–Trinajstić information content (AvgIpc) is 3.17. The minimum absolute atomic E-state index is 0.107. The molecule has 8 nitrogen and oxygen atoms in total. The first-order valence-electron chi connectivity index (χ1n) is 12.0. The van der Waals surface area contributed by atoms with Gasteiger partial charge in [-0.25, -0.2) is 9.79 Å². The Morgan fingerprint density at radius 3 is 2.61 bits per heavy atom. The first-order valence-corrected chi connectivity index (χ1v) is 13.2. The van der Waals surface area contributed by atoms with Crippen LogP contribution in [0.1, 0.15) is 44.9 Å². The van der Waals surface area contributed by atoms with Gasteiger partial charge in [-0.2, -0.15) is 5.26 Å². The van der Waals surface area contributed by atoms with E-state index in [2.05, 4.69) is 4.99 Å². The number of hydrogen-bond donors (Lipinski definition) is 0. The first kappa shape index (κ1) is 27.2. The lowest BCUT2D eigenvalue weighted by Gasteiger charge is -2.25. The molecule has 2 aromatic carbocycles. The van der Waals surface area contributed by atoms with Crippen molar-refractivity contribution in [1.82, 2.24) is 4.57 Å². The molecule has 1 aliphatic rings. The van der Waals surface area contributed by atoms with E-state index in [1.807, 2.05) is 13.0 Å². The third-order valence-electron chi connectivity index (χ3n) is 5.63. The SMILES string of the molecule is CCOc1cc(C=c2sc3n(c2=O)C(c2ccc(Cl)cc2)C(C(=O)OC(C)C)=C(C)N=3)ccc1OCC#N. The summed E-state index contributed by atoms with van der Waals surface area (Å²) in [5, 5.41) is 9.38. The topological polar surface area (TPSA) is 103 Å². The van der Waals surface area contributed by atoms with Crippen LogP contribution in [0.25, 0.3) is 6.08 Å². The molecule has 2 heterocycles. The number of fused-ring (bicyclic) bond motifs is 1. The highest BCUT2D eigenvalue weighted by atomic mass is 35.5. The van der Waals surface area contributed by atoms with E-state index < -0.39 is 12.0 Å². The van der Waals surface area contributed by atoms with Crippen LogP contribution >= 0.6 is 22.9 Å². The third kappa shape index (κ3) is 5.67. The van der Waals surface area contributed by atoms with Crippen LogP contribution in [-0.4, -0.2) is 29.9 Å². The Labute approximate surface area is 228 Å². The van der Waals surface area contributed by atoms with Gasteiger partial charge in [-0.05, 0) is 69.2 Å². The van der Waals surface area contributed by atoms with Crippen LogP contribution in [0.4, 0.5) is 0 Å². The molecule has 1 atom stereocenters. The fourth-order valence-corrected chi connectivity index (χ4v) is 5.26. The number of esters is 1. The second-order valence-corrected chi connectivity index (χ2v) is 10.1. The molecule has 4 rings (SSSR count). The summed E-state index contributed by atoms with van der Waals surface area (Å²) in [7, 11) is 0. The van der Waals surface area contributed by atoms with E-state index in [-0.39, 0.29) is 18.3 Å². The Balaban J connectivity index is 1.87. The van der Waals surface area contributed by atoms with Gasteiger partial charge in [0.15, 0.2) is 22.9 Å². The van der Waals surface area contributed by atoms with Gasteiger partial charge in [-0.1, -0.05) is 41.1 Å². The zero-order chi connectivity index (χ0) is 27.4.